The molecule has 3 aromatic rings. The first kappa shape index (κ1) is 21.7. The number of hydrogen-bond donors (Lipinski definition) is 0. The molecule has 6 nitrogen and oxygen atoms in total. The third-order valence-corrected chi connectivity index (χ3v) is 5.81. The molecule has 0 radical (unpaired) electrons. The van der Waals surface area contributed by atoms with Gasteiger partial charge in [-0.15, -0.1) is 0 Å². The molecule has 0 aliphatic carbocycles. The third kappa shape index (κ3) is 5.03. The molecule has 31 heavy (non-hydrogen) atoms. The molecular formula is C24H26ClNO5. The van der Waals surface area contributed by atoms with Crippen molar-refractivity contribution in [3.63, 3.8) is 0 Å². The van der Waals surface area contributed by atoms with Gasteiger partial charge in [0.05, 0.1) is 32.0 Å². The maximum atomic E-state index is 13.1. The Morgan fingerprint density at radius 3 is 2.68 bits per heavy atom. The SMILES string of the molecule is COc1ccc(CN(Cc2coc3ccc(Cl)cc3c2=O)C[C@@H]2CCCO2)c(OC)c1. The van der Waals surface area contributed by atoms with E-state index in [2.05, 4.69) is 4.90 Å². The van der Waals surface area contributed by atoms with E-state index in [4.69, 9.17) is 30.2 Å². The van der Waals surface area contributed by atoms with Gasteiger partial charge in [-0.05, 0) is 37.1 Å². The van der Waals surface area contributed by atoms with E-state index >= 15 is 0 Å². The van der Waals surface area contributed by atoms with Crippen molar-refractivity contribution in [3.05, 3.63) is 69.0 Å². The Morgan fingerprint density at radius 2 is 1.94 bits per heavy atom. The van der Waals surface area contributed by atoms with Crippen molar-refractivity contribution < 1.29 is 18.6 Å². The molecule has 0 N–H and O–H groups in total. The molecule has 1 atom stereocenters. The van der Waals surface area contributed by atoms with E-state index in [1.807, 2.05) is 18.2 Å². The Labute approximate surface area is 186 Å². The lowest BCUT2D eigenvalue weighted by Crippen LogP contribution is -2.33. The molecule has 1 fully saturated rings. The van der Waals surface area contributed by atoms with Gasteiger partial charge in [0.25, 0.3) is 0 Å². The number of methoxy groups -OCH3 is 2. The van der Waals surface area contributed by atoms with Crippen molar-refractivity contribution >= 4 is 22.6 Å². The minimum absolute atomic E-state index is 0.0669. The van der Waals surface area contributed by atoms with Gasteiger partial charge in [0.2, 0.25) is 0 Å². The van der Waals surface area contributed by atoms with Crippen molar-refractivity contribution in [3.8, 4) is 11.5 Å². The first-order chi connectivity index (χ1) is 15.1. The van der Waals surface area contributed by atoms with Crippen molar-refractivity contribution in [1.82, 2.24) is 4.90 Å². The van der Waals surface area contributed by atoms with Gasteiger partial charge < -0.3 is 18.6 Å². The molecule has 2 aromatic carbocycles. The lowest BCUT2D eigenvalue weighted by atomic mass is 10.1. The van der Waals surface area contributed by atoms with E-state index in [1.165, 1.54) is 0 Å². The van der Waals surface area contributed by atoms with Gasteiger partial charge in [-0.25, -0.2) is 0 Å². The summed E-state index contributed by atoms with van der Waals surface area (Å²) in [7, 11) is 3.27. The first-order valence-corrected chi connectivity index (χ1v) is 10.7. The average molecular weight is 444 g/mol. The average Bonchev–Trinajstić information content (AvgIpc) is 3.29. The van der Waals surface area contributed by atoms with Crippen molar-refractivity contribution in [2.45, 2.75) is 32.0 Å². The third-order valence-electron chi connectivity index (χ3n) is 5.57. The fraction of sp³-hybridized carbons (Fsp3) is 0.375. The van der Waals surface area contributed by atoms with E-state index < -0.39 is 0 Å². The second-order valence-corrected chi connectivity index (χ2v) is 8.15. The molecule has 0 amide bonds. The highest BCUT2D eigenvalue weighted by Crippen LogP contribution is 2.27. The van der Waals surface area contributed by atoms with Gasteiger partial charge >= 0.3 is 0 Å². The van der Waals surface area contributed by atoms with E-state index in [1.54, 1.807) is 38.7 Å². The van der Waals surface area contributed by atoms with Crippen molar-refractivity contribution in [2.75, 3.05) is 27.4 Å². The molecule has 1 aliphatic heterocycles. The quantitative estimate of drug-likeness (QED) is 0.505. The van der Waals surface area contributed by atoms with Crippen LogP contribution >= 0.6 is 11.6 Å². The Kier molecular flexibility index (Phi) is 6.80. The number of nitrogens with zero attached hydrogens (tertiary/aromatic N) is 1. The van der Waals surface area contributed by atoms with Crippen LogP contribution < -0.4 is 14.9 Å². The zero-order valence-electron chi connectivity index (χ0n) is 17.7. The predicted molar refractivity (Wildman–Crippen MR) is 120 cm³/mol. The van der Waals surface area contributed by atoms with Crippen LogP contribution in [0.25, 0.3) is 11.0 Å². The second-order valence-electron chi connectivity index (χ2n) is 7.71. The van der Waals surface area contributed by atoms with Gasteiger partial charge in [0.1, 0.15) is 17.1 Å². The predicted octanol–water partition coefficient (Wildman–Crippen LogP) is 4.64. The van der Waals surface area contributed by atoms with E-state index in [0.717, 1.165) is 36.5 Å². The lowest BCUT2D eigenvalue weighted by Gasteiger charge is -2.26. The summed E-state index contributed by atoms with van der Waals surface area (Å²) in [4.78, 5) is 15.3. The standard InChI is InChI=1S/C24H26ClNO5/c1-28-19-7-5-16(23(11-19)29-2)12-26(14-20-4-3-9-30-20)13-17-15-31-22-8-6-18(25)10-21(22)24(17)27/h5-8,10-11,15,20H,3-4,9,12-14H2,1-2H3/t20-/m0/s1. The number of benzene rings is 2. The van der Waals surface area contributed by atoms with Crippen LogP contribution in [0.2, 0.25) is 5.02 Å². The Balaban J connectivity index is 1.63. The van der Waals surface area contributed by atoms with E-state index in [0.29, 0.717) is 41.2 Å². The largest absolute Gasteiger partial charge is 0.497 e. The summed E-state index contributed by atoms with van der Waals surface area (Å²) in [5.41, 5.74) is 2.05. The normalized spacial score (nSPS) is 16.2. The summed E-state index contributed by atoms with van der Waals surface area (Å²) in [6.07, 6.45) is 3.76. The lowest BCUT2D eigenvalue weighted by molar-refractivity contribution is 0.0673. The van der Waals surface area contributed by atoms with Gasteiger partial charge in [-0.2, -0.15) is 0 Å². The van der Waals surface area contributed by atoms with Crippen LogP contribution in [-0.2, 0) is 17.8 Å². The molecule has 7 heteroatoms. The highest BCUT2D eigenvalue weighted by atomic mass is 35.5. The summed E-state index contributed by atoms with van der Waals surface area (Å²) in [5, 5.41) is 1.00. The molecule has 0 unspecified atom stereocenters. The van der Waals surface area contributed by atoms with Crippen LogP contribution in [-0.4, -0.2) is 38.4 Å². The van der Waals surface area contributed by atoms with Crippen LogP contribution in [0.3, 0.4) is 0 Å². The van der Waals surface area contributed by atoms with E-state index in [-0.39, 0.29) is 11.5 Å². The number of ether oxygens (including phenoxy) is 3. The molecular weight excluding hydrogens is 418 g/mol. The fourth-order valence-corrected chi connectivity index (χ4v) is 4.15. The van der Waals surface area contributed by atoms with Crippen LogP contribution in [0.5, 0.6) is 11.5 Å². The molecule has 0 bridgehead atoms. The maximum absolute atomic E-state index is 13.1. The van der Waals surface area contributed by atoms with Gasteiger partial charge in [0.15, 0.2) is 5.43 Å². The molecule has 1 saturated heterocycles. The number of halogens is 1. The van der Waals surface area contributed by atoms with Crippen LogP contribution in [0.1, 0.15) is 24.0 Å². The Morgan fingerprint density at radius 1 is 1.10 bits per heavy atom. The highest BCUT2D eigenvalue weighted by molar-refractivity contribution is 6.31. The van der Waals surface area contributed by atoms with Crippen LogP contribution in [0, 0.1) is 0 Å². The summed E-state index contributed by atoms with van der Waals surface area (Å²) < 4.78 is 22.5. The fourth-order valence-electron chi connectivity index (χ4n) is 3.98. The van der Waals surface area contributed by atoms with Crippen molar-refractivity contribution in [1.29, 1.82) is 0 Å². The molecule has 1 aromatic heterocycles. The van der Waals surface area contributed by atoms with Gasteiger partial charge in [-0.3, -0.25) is 9.69 Å². The minimum atomic E-state index is -0.0669. The number of rotatable bonds is 8. The molecule has 1 aliphatic rings. The van der Waals surface area contributed by atoms with Crippen LogP contribution in [0.15, 0.2) is 51.9 Å². The summed E-state index contributed by atoms with van der Waals surface area (Å²) >= 11 is 6.10. The Bertz CT molecular complexity index is 1110. The monoisotopic (exact) mass is 443 g/mol. The molecule has 164 valence electrons. The second kappa shape index (κ2) is 9.73. The summed E-state index contributed by atoms with van der Waals surface area (Å²) in [6.45, 7) is 2.52. The number of hydrogen-bond acceptors (Lipinski definition) is 6. The Hall–Kier alpha value is -2.54. The molecule has 0 saturated carbocycles. The van der Waals surface area contributed by atoms with Gasteiger partial charge in [-0.1, -0.05) is 17.7 Å². The van der Waals surface area contributed by atoms with Gasteiger partial charge in [0, 0.05) is 48.5 Å². The number of fused-ring (bicyclic) bond motifs is 1. The highest BCUT2D eigenvalue weighted by Gasteiger charge is 2.22. The smallest absolute Gasteiger partial charge is 0.197 e. The molecule has 4 rings (SSSR count). The van der Waals surface area contributed by atoms with E-state index in [9.17, 15) is 4.79 Å². The maximum Gasteiger partial charge on any atom is 0.197 e. The van der Waals surface area contributed by atoms with Crippen molar-refractivity contribution in [2.24, 2.45) is 0 Å². The molecule has 0 spiro atoms. The zero-order valence-corrected chi connectivity index (χ0v) is 18.5. The van der Waals surface area contributed by atoms with Crippen LogP contribution in [0.4, 0.5) is 0 Å². The molecule has 2 heterocycles. The first-order valence-electron chi connectivity index (χ1n) is 10.3. The summed E-state index contributed by atoms with van der Waals surface area (Å²) in [6, 6.07) is 10.9. The topological polar surface area (TPSA) is 61.1 Å². The zero-order chi connectivity index (χ0) is 21.8. The minimum Gasteiger partial charge on any atom is -0.497 e. The summed E-state index contributed by atoms with van der Waals surface area (Å²) in [5.74, 6) is 1.48.